The molecule has 82 valence electrons. The van der Waals surface area contributed by atoms with Gasteiger partial charge in [0.2, 0.25) is 5.88 Å². The van der Waals surface area contributed by atoms with Crippen molar-refractivity contribution in [2.75, 3.05) is 0 Å². The normalized spacial score (nSPS) is 10.4. The van der Waals surface area contributed by atoms with Crippen LogP contribution in [0, 0.1) is 0 Å². The highest BCUT2D eigenvalue weighted by Gasteiger charge is 2.00. The second-order valence-electron chi connectivity index (χ2n) is 3.63. The number of benzene rings is 1. The van der Waals surface area contributed by atoms with Crippen molar-refractivity contribution in [2.24, 2.45) is 0 Å². The van der Waals surface area contributed by atoms with Crippen LogP contribution in [0.5, 0.6) is 11.6 Å². The van der Waals surface area contributed by atoms with Gasteiger partial charge in [0.1, 0.15) is 5.75 Å². The standard InChI is InChI=1S/C14H10N2O/c1-2-6-13-11(4-1)7-8-14(16-13)17-12-5-3-9-15-10-12/h1-10H. The Hall–Kier alpha value is -2.42. The SMILES string of the molecule is c1cncc(Oc2ccc3ccccc3n2)c1. The van der Waals surface area contributed by atoms with Gasteiger partial charge in [0.25, 0.3) is 0 Å². The van der Waals surface area contributed by atoms with Crippen LogP contribution >= 0.6 is 0 Å². The summed E-state index contributed by atoms with van der Waals surface area (Å²) in [6, 6.07) is 15.5. The Bertz CT molecular complexity index is 638. The van der Waals surface area contributed by atoms with E-state index in [1.807, 2.05) is 48.5 Å². The maximum absolute atomic E-state index is 5.61. The summed E-state index contributed by atoms with van der Waals surface area (Å²) in [7, 11) is 0. The highest BCUT2D eigenvalue weighted by Crippen LogP contribution is 2.21. The smallest absolute Gasteiger partial charge is 0.219 e. The van der Waals surface area contributed by atoms with Crippen LogP contribution in [-0.4, -0.2) is 9.97 Å². The molecule has 2 aromatic heterocycles. The number of hydrogen-bond donors (Lipinski definition) is 0. The number of nitrogens with zero attached hydrogens (tertiary/aromatic N) is 2. The van der Waals surface area contributed by atoms with E-state index in [-0.39, 0.29) is 0 Å². The predicted octanol–water partition coefficient (Wildman–Crippen LogP) is 3.42. The minimum absolute atomic E-state index is 0.580. The molecule has 0 radical (unpaired) electrons. The van der Waals surface area contributed by atoms with E-state index in [4.69, 9.17) is 4.74 Å². The fourth-order valence-corrected chi connectivity index (χ4v) is 1.63. The first-order valence-corrected chi connectivity index (χ1v) is 5.35. The largest absolute Gasteiger partial charge is 0.437 e. The molecule has 1 aromatic carbocycles. The Kier molecular flexibility index (Phi) is 2.43. The Morgan fingerprint density at radius 2 is 1.82 bits per heavy atom. The minimum Gasteiger partial charge on any atom is -0.437 e. The molecule has 3 rings (SSSR count). The van der Waals surface area contributed by atoms with E-state index in [9.17, 15) is 0 Å². The lowest BCUT2D eigenvalue weighted by Crippen LogP contribution is -1.88. The highest BCUT2D eigenvalue weighted by atomic mass is 16.5. The average Bonchev–Trinajstić information content (AvgIpc) is 2.40. The zero-order valence-electron chi connectivity index (χ0n) is 9.08. The van der Waals surface area contributed by atoms with Crippen molar-refractivity contribution in [2.45, 2.75) is 0 Å². The molecule has 0 saturated heterocycles. The van der Waals surface area contributed by atoms with E-state index < -0.39 is 0 Å². The third-order valence-electron chi connectivity index (χ3n) is 2.43. The summed E-state index contributed by atoms with van der Waals surface area (Å²) in [6.45, 7) is 0. The molecule has 0 amide bonds. The predicted molar refractivity (Wildman–Crippen MR) is 66.1 cm³/mol. The van der Waals surface area contributed by atoms with Crippen molar-refractivity contribution in [1.29, 1.82) is 0 Å². The summed E-state index contributed by atoms with van der Waals surface area (Å²) in [5, 5.41) is 1.10. The number of ether oxygens (including phenoxy) is 1. The lowest BCUT2D eigenvalue weighted by Gasteiger charge is -2.04. The summed E-state index contributed by atoms with van der Waals surface area (Å²) in [5.74, 6) is 1.27. The number of fused-ring (bicyclic) bond motifs is 1. The molecule has 0 saturated carbocycles. The van der Waals surface area contributed by atoms with Gasteiger partial charge in [0.05, 0.1) is 11.7 Å². The summed E-state index contributed by atoms with van der Waals surface area (Å²) in [4.78, 5) is 8.41. The van der Waals surface area contributed by atoms with Crippen LogP contribution < -0.4 is 4.74 Å². The van der Waals surface area contributed by atoms with Crippen molar-refractivity contribution in [3.8, 4) is 11.6 Å². The monoisotopic (exact) mass is 222 g/mol. The van der Waals surface area contributed by atoms with Crippen molar-refractivity contribution in [1.82, 2.24) is 9.97 Å². The average molecular weight is 222 g/mol. The van der Waals surface area contributed by atoms with E-state index in [0.717, 1.165) is 10.9 Å². The molecule has 3 aromatic rings. The fraction of sp³-hybridized carbons (Fsp3) is 0. The van der Waals surface area contributed by atoms with Crippen LogP contribution in [0.1, 0.15) is 0 Å². The number of para-hydroxylation sites is 1. The van der Waals surface area contributed by atoms with Crippen LogP contribution in [0.3, 0.4) is 0 Å². The summed E-state index contributed by atoms with van der Waals surface area (Å²) in [5.41, 5.74) is 0.925. The molecule has 3 heteroatoms. The van der Waals surface area contributed by atoms with Crippen LogP contribution in [0.15, 0.2) is 60.9 Å². The van der Waals surface area contributed by atoms with E-state index in [2.05, 4.69) is 9.97 Å². The van der Waals surface area contributed by atoms with Crippen molar-refractivity contribution >= 4 is 10.9 Å². The number of rotatable bonds is 2. The third kappa shape index (κ3) is 2.08. The van der Waals surface area contributed by atoms with Gasteiger partial charge in [-0.3, -0.25) is 4.98 Å². The van der Waals surface area contributed by atoms with Gasteiger partial charge < -0.3 is 4.74 Å². The Morgan fingerprint density at radius 3 is 2.71 bits per heavy atom. The fourth-order valence-electron chi connectivity index (χ4n) is 1.63. The Balaban J connectivity index is 1.96. The molecule has 0 aliphatic carbocycles. The van der Waals surface area contributed by atoms with E-state index >= 15 is 0 Å². The lowest BCUT2D eigenvalue weighted by molar-refractivity contribution is 0.463. The van der Waals surface area contributed by atoms with Gasteiger partial charge in [0, 0.05) is 17.6 Å². The second-order valence-corrected chi connectivity index (χ2v) is 3.63. The first kappa shape index (κ1) is 9.78. The second kappa shape index (κ2) is 4.22. The summed E-state index contributed by atoms with van der Waals surface area (Å²) >= 11 is 0. The van der Waals surface area contributed by atoms with Crippen LogP contribution in [-0.2, 0) is 0 Å². The molecule has 17 heavy (non-hydrogen) atoms. The number of hydrogen-bond acceptors (Lipinski definition) is 3. The topological polar surface area (TPSA) is 35.0 Å². The molecule has 3 nitrogen and oxygen atoms in total. The number of aromatic nitrogens is 2. The van der Waals surface area contributed by atoms with Crippen LogP contribution in [0.4, 0.5) is 0 Å². The van der Waals surface area contributed by atoms with Gasteiger partial charge >= 0.3 is 0 Å². The molecule has 0 aliphatic heterocycles. The maximum atomic E-state index is 5.61. The Morgan fingerprint density at radius 1 is 0.882 bits per heavy atom. The van der Waals surface area contributed by atoms with E-state index in [1.54, 1.807) is 12.4 Å². The maximum Gasteiger partial charge on any atom is 0.219 e. The van der Waals surface area contributed by atoms with Crippen molar-refractivity contribution < 1.29 is 4.74 Å². The van der Waals surface area contributed by atoms with Gasteiger partial charge in [-0.25, -0.2) is 4.98 Å². The van der Waals surface area contributed by atoms with Crippen LogP contribution in [0.2, 0.25) is 0 Å². The molecule has 0 bridgehead atoms. The quantitative estimate of drug-likeness (QED) is 0.666. The number of pyridine rings is 2. The molecule has 0 atom stereocenters. The Labute approximate surface area is 98.7 Å². The molecule has 0 spiro atoms. The third-order valence-corrected chi connectivity index (χ3v) is 2.43. The molecular formula is C14H10N2O. The summed E-state index contributed by atoms with van der Waals surface area (Å²) in [6.07, 6.45) is 3.37. The van der Waals surface area contributed by atoms with Gasteiger partial charge in [0.15, 0.2) is 0 Å². The van der Waals surface area contributed by atoms with Gasteiger partial charge in [-0.1, -0.05) is 18.2 Å². The molecule has 2 heterocycles. The van der Waals surface area contributed by atoms with E-state index in [1.165, 1.54) is 0 Å². The summed E-state index contributed by atoms with van der Waals surface area (Å²) < 4.78 is 5.61. The van der Waals surface area contributed by atoms with E-state index in [0.29, 0.717) is 11.6 Å². The van der Waals surface area contributed by atoms with Crippen molar-refractivity contribution in [3.63, 3.8) is 0 Å². The van der Waals surface area contributed by atoms with Gasteiger partial charge in [-0.05, 0) is 24.3 Å². The lowest BCUT2D eigenvalue weighted by atomic mass is 10.2. The molecular weight excluding hydrogens is 212 g/mol. The zero-order chi connectivity index (χ0) is 11.5. The van der Waals surface area contributed by atoms with Gasteiger partial charge in [-0.15, -0.1) is 0 Å². The molecule has 0 aliphatic rings. The molecule has 0 fully saturated rings. The first-order chi connectivity index (χ1) is 8.42. The van der Waals surface area contributed by atoms with Crippen LogP contribution in [0.25, 0.3) is 10.9 Å². The zero-order valence-corrected chi connectivity index (χ0v) is 9.08. The highest BCUT2D eigenvalue weighted by molar-refractivity contribution is 5.78. The van der Waals surface area contributed by atoms with Gasteiger partial charge in [-0.2, -0.15) is 0 Å². The molecule has 0 N–H and O–H groups in total. The minimum atomic E-state index is 0.580. The molecule has 0 unspecified atom stereocenters. The van der Waals surface area contributed by atoms with Crippen molar-refractivity contribution in [3.05, 3.63) is 60.9 Å². The first-order valence-electron chi connectivity index (χ1n) is 5.35.